The van der Waals surface area contributed by atoms with Crippen molar-refractivity contribution in [1.29, 1.82) is 0 Å². The average molecular weight is 485 g/mol. The quantitative estimate of drug-likeness (QED) is 0.639. The molecule has 7 nitrogen and oxygen atoms in total. The van der Waals surface area contributed by atoms with Crippen molar-refractivity contribution < 1.29 is 21.6 Å². The number of aryl methyl sites for hydroxylation is 1. The fourth-order valence-corrected chi connectivity index (χ4v) is 10.2. The highest BCUT2D eigenvalue weighted by atomic mass is 32.2. The highest BCUT2D eigenvalue weighted by molar-refractivity contribution is 7.97. The van der Waals surface area contributed by atoms with Crippen LogP contribution in [0.15, 0.2) is 46.0 Å². The van der Waals surface area contributed by atoms with E-state index < -0.39 is 31.0 Å². The van der Waals surface area contributed by atoms with Gasteiger partial charge in [-0.15, -0.1) is 11.3 Å². The first-order valence-corrected chi connectivity index (χ1v) is 14.6. The zero-order valence-electron chi connectivity index (χ0n) is 17.4. The van der Waals surface area contributed by atoms with Crippen molar-refractivity contribution in [1.82, 2.24) is 10.2 Å². The number of morpholine rings is 1. The Kier molecular flexibility index (Phi) is 6.85. The molecule has 2 aliphatic heterocycles. The van der Waals surface area contributed by atoms with Crippen molar-refractivity contribution in [3.05, 3.63) is 52.9 Å². The molecule has 2 saturated heterocycles. The van der Waals surface area contributed by atoms with E-state index in [0.29, 0.717) is 19.8 Å². The van der Waals surface area contributed by atoms with Crippen LogP contribution in [0, 0.1) is 6.92 Å². The van der Waals surface area contributed by atoms with E-state index in [4.69, 9.17) is 4.74 Å². The molecule has 0 aliphatic carbocycles. The maximum atomic E-state index is 13.1. The highest BCUT2D eigenvalue weighted by Crippen LogP contribution is 2.29. The second-order valence-corrected chi connectivity index (χ2v) is 13.7. The average Bonchev–Trinajstić information content (AvgIpc) is 3.39. The van der Waals surface area contributed by atoms with E-state index >= 15 is 0 Å². The summed E-state index contributed by atoms with van der Waals surface area (Å²) in [6.07, 6.45) is 0. The Morgan fingerprint density at radius 2 is 1.87 bits per heavy atom. The van der Waals surface area contributed by atoms with Gasteiger partial charge >= 0.3 is 0 Å². The standard InChI is InChI=1S/C21H28N2O5S3/c1-16-4-6-17(7-5-16)19(23-8-10-28-11-9-23)13-22-18-14-30(24,25)15-20(18)31(26,27)21-3-2-12-29-21/h2-7,12,18-20,22H,8-11,13-15H2,1H3/t18-,19?,20-/m0/s1. The number of rotatable bonds is 7. The lowest BCUT2D eigenvalue weighted by Gasteiger charge is -2.36. The number of thiophene rings is 1. The molecule has 2 fully saturated rings. The van der Waals surface area contributed by atoms with Crippen LogP contribution in [0.25, 0.3) is 0 Å². The van der Waals surface area contributed by atoms with Crippen LogP contribution in [-0.2, 0) is 24.4 Å². The van der Waals surface area contributed by atoms with Gasteiger partial charge < -0.3 is 10.1 Å². The van der Waals surface area contributed by atoms with Crippen molar-refractivity contribution in [3.63, 3.8) is 0 Å². The number of hydrogen-bond donors (Lipinski definition) is 1. The van der Waals surface area contributed by atoms with Gasteiger partial charge in [0.15, 0.2) is 19.7 Å². The van der Waals surface area contributed by atoms with Gasteiger partial charge in [-0.3, -0.25) is 4.90 Å². The second kappa shape index (κ2) is 9.29. The van der Waals surface area contributed by atoms with Gasteiger partial charge in [-0.1, -0.05) is 35.9 Å². The molecule has 0 amide bonds. The molecule has 31 heavy (non-hydrogen) atoms. The van der Waals surface area contributed by atoms with Crippen LogP contribution in [0.4, 0.5) is 0 Å². The largest absolute Gasteiger partial charge is 0.379 e. The molecule has 1 aromatic carbocycles. The molecule has 0 spiro atoms. The zero-order valence-corrected chi connectivity index (χ0v) is 19.9. The lowest BCUT2D eigenvalue weighted by molar-refractivity contribution is 0.0158. The summed E-state index contributed by atoms with van der Waals surface area (Å²) in [6, 6.07) is 10.9. The van der Waals surface area contributed by atoms with Crippen molar-refractivity contribution in [3.8, 4) is 0 Å². The topological polar surface area (TPSA) is 92.8 Å². The van der Waals surface area contributed by atoms with E-state index in [0.717, 1.165) is 30.0 Å². The van der Waals surface area contributed by atoms with Gasteiger partial charge in [0.05, 0.1) is 30.0 Å². The van der Waals surface area contributed by atoms with Gasteiger partial charge in [-0.2, -0.15) is 0 Å². The molecule has 2 aromatic rings. The van der Waals surface area contributed by atoms with Crippen LogP contribution in [0.1, 0.15) is 17.2 Å². The van der Waals surface area contributed by atoms with Crippen molar-refractivity contribution >= 4 is 31.0 Å². The van der Waals surface area contributed by atoms with Crippen LogP contribution in [-0.4, -0.2) is 77.4 Å². The number of hydrogen-bond acceptors (Lipinski definition) is 8. The van der Waals surface area contributed by atoms with E-state index in [1.807, 2.05) is 6.92 Å². The molecule has 1 N–H and O–H groups in total. The third-order valence-electron chi connectivity index (χ3n) is 6.00. The molecule has 170 valence electrons. The Balaban J connectivity index is 1.56. The highest BCUT2D eigenvalue weighted by Gasteiger charge is 2.46. The van der Waals surface area contributed by atoms with E-state index in [-0.39, 0.29) is 21.8 Å². The summed E-state index contributed by atoms with van der Waals surface area (Å²) in [5, 5.41) is 4.06. The molecular formula is C21H28N2O5S3. The zero-order chi connectivity index (χ0) is 22.1. The first-order valence-electron chi connectivity index (χ1n) is 10.4. The van der Waals surface area contributed by atoms with Crippen molar-refractivity contribution in [2.75, 3.05) is 44.4 Å². The SMILES string of the molecule is Cc1ccc(C(CN[C@H]2CS(=O)(=O)C[C@@H]2S(=O)(=O)c2cccs2)N2CCOCC2)cc1. The Morgan fingerprint density at radius 1 is 1.16 bits per heavy atom. The summed E-state index contributed by atoms with van der Waals surface area (Å²) in [5.74, 6) is -0.496. The third-order valence-corrected chi connectivity index (χ3v) is 11.6. The Labute approximate surface area is 188 Å². The molecular weight excluding hydrogens is 456 g/mol. The Hall–Kier alpha value is -1.30. The molecule has 1 unspecified atom stereocenters. The van der Waals surface area contributed by atoms with E-state index in [1.165, 1.54) is 5.56 Å². The minimum atomic E-state index is -3.72. The predicted molar refractivity (Wildman–Crippen MR) is 122 cm³/mol. The second-order valence-electron chi connectivity index (χ2n) is 8.18. The molecule has 0 radical (unpaired) electrons. The first-order chi connectivity index (χ1) is 14.8. The molecule has 2 aliphatic rings. The first kappa shape index (κ1) is 22.9. The number of ether oxygens (including phenoxy) is 1. The van der Waals surface area contributed by atoms with Crippen molar-refractivity contribution in [2.24, 2.45) is 0 Å². The lowest BCUT2D eigenvalue weighted by atomic mass is 10.0. The molecule has 1 aromatic heterocycles. The van der Waals surface area contributed by atoms with Gasteiger partial charge in [-0.05, 0) is 23.9 Å². The minimum Gasteiger partial charge on any atom is -0.379 e. The van der Waals surface area contributed by atoms with Crippen LogP contribution in [0.2, 0.25) is 0 Å². The summed E-state index contributed by atoms with van der Waals surface area (Å²) in [6.45, 7) is 5.36. The Morgan fingerprint density at radius 3 is 2.52 bits per heavy atom. The van der Waals surface area contributed by atoms with E-state index in [1.54, 1.807) is 17.5 Å². The summed E-state index contributed by atoms with van der Waals surface area (Å²) in [5.41, 5.74) is 2.29. The molecule has 4 rings (SSSR count). The molecule has 0 bridgehead atoms. The summed E-state index contributed by atoms with van der Waals surface area (Å²) in [7, 11) is -7.15. The van der Waals surface area contributed by atoms with Crippen LogP contribution >= 0.6 is 11.3 Å². The molecule has 3 atom stereocenters. The fraction of sp³-hybridized carbons (Fsp3) is 0.524. The van der Waals surface area contributed by atoms with Gasteiger partial charge in [0, 0.05) is 31.7 Å². The van der Waals surface area contributed by atoms with Gasteiger partial charge in [0.1, 0.15) is 4.21 Å². The summed E-state index contributed by atoms with van der Waals surface area (Å²) in [4.78, 5) is 2.31. The molecule has 10 heteroatoms. The number of nitrogens with one attached hydrogen (secondary N) is 1. The van der Waals surface area contributed by atoms with Crippen LogP contribution in [0.5, 0.6) is 0 Å². The maximum Gasteiger partial charge on any atom is 0.193 e. The normalized spacial score (nSPS) is 25.5. The van der Waals surface area contributed by atoms with Crippen LogP contribution in [0.3, 0.4) is 0 Å². The smallest absolute Gasteiger partial charge is 0.193 e. The van der Waals surface area contributed by atoms with E-state index in [9.17, 15) is 16.8 Å². The predicted octanol–water partition coefficient (Wildman–Crippen LogP) is 1.66. The summed E-state index contributed by atoms with van der Waals surface area (Å²) >= 11 is 1.13. The molecule has 0 saturated carbocycles. The van der Waals surface area contributed by atoms with Gasteiger partial charge in [0.2, 0.25) is 0 Å². The van der Waals surface area contributed by atoms with E-state index in [2.05, 4.69) is 34.5 Å². The number of sulfone groups is 2. The lowest BCUT2D eigenvalue weighted by Crippen LogP contribution is -2.48. The van der Waals surface area contributed by atoms with Gasteiger partial charge in [-0.25, -0.2) is 16.8 Å². The minimum absolute atomic E-state index is 0.0119. The number of benzene rings is 1. The van der Waals surface area contributed by atoms with Crippen molar-refractivity contribution in [2.45, 2.75) is 28.5 Å². The maximum absolute atomic E-state index is 13.1. The third kappa shape index (κ3) is 5.20. The number of nitrogens with zero attached hydrogens (tertiary/aromatic N) is 1. The van der Waals surface area contributed by atoms with Gasteiger partial charge in [0.25, 0.3) is 0 Å². The Bertz CT molecular complexity index is 1080. The molecule has 3 heterocycles. The fourth-order valence-electron chi connectivity index (χ4n) is 4.28. The summed E-state index contributed by atoms with van der Waals surface area (Å²) < 4.78 is 56.8. The monoisotopic (exact) mass is 484 g/mol. The van der Waals surface area contributed by atoms with Crippen LogP contribution < -0.4 is 5.32 Å².